The van der Waals surface area contributed by atoms with Gasteiger partial charge in [0, 0.05) is 61.0 Å². The monoisotopic (exact) mass is 572 g/mol. The van der Waals surface area contributed by atoms with Crippen LogP contribution in [0.2, 0.25) is 0 Å². The zero-order valence-electron chi connectivity index (χ0n) is 25.1. The largest absolute Gasteiger partial charge is 0.439 e. The van der Waals surface area contributed by atoms with Gasteiger partial charge >= 0.3 is 5.97 Å². The number of nitrogens with one attached hydrogen (secondary N) is 1. The number of aryl methyl sites for hydroxylation is 1. The highest BCUT2D eigenvalue weighted by atomic mass is 16.6. The Kier molecular flexibility index (Phi) is 7.48. The second-order valence-electron chi connectivity index (χ2n) is 11.0. The minimum Gasteiger partial charge on any atom is -0.439 e. The molecule has 1 amide bonds. The molecule has 1 aliphatic rings. The molecule has 7 heteroatoms. The predicted octanol–water partition coefficient (Wildman–Crippen LogP) is 7.29. The molecule has 7 nitrogen and oxygen atoms in total. The van der Waals surface area contributed by atoms with Gasteiger partial charge < -0.3 is 19.5 Å². The van der Waals surface area contributed by atoms with Crippen LogP contribution in [0.4, 0.5) is 11.4 Å². The zero-order chi connectivity index (χ0) is 30.1. The summed E-state index contributed by atoms with van der Waals surface area (Å²) in [6, 6.07) is 27.8. The molecule has 1 atom stereocenters. The number of ether oxygens (including phenoxy) is 1. The first-order chi connectivity index (χ1) is 20.9. The Bertz CT molecular complexity index is 1820. The summed E-state index contributed by atoms with van der Waals surface area (Å²) in [6.45, 7) is 7.59. The lowest BCUT2D eigenvalue weighted by Crippen LogP contribution is -2.33. The lowest BCUT2D eigenvalue weighted by Gasteiger charge is -2.33. The van der Waals surface area contributed by atoms with E-state index in [1.165, 1.54) is 6.92 Å². The molecule has 5 aromatic rings. The number of cyclic esters (lactones) is 1. The minimum atomic E-state index is -1.43. The van der Waals surface area contributed by atoms with E-state index in [-0.39, 0.29) is 5.91 Å². The molecule has 6 rings (SSSR count). The van der Waals surface area contributed by atoms with Gasteiger partial charge in [0.05, 0.1) is 16.9 Å². The number of fused-ring (bicyclic) bond motifs is 2. The average molecular weight is 573 g/mol. The number of aromatic nitrogens is 2. The van der Waals surface area contributed by atoms with Crippen molar-refractivity contribution in [2.75, 3.05) is 23.3 Å². The maximum Gasteiger partial charge on any atom is 0.341 e. The first-order valence-electron chi connectivity index (χ1n) is 14.9. The molecule has 2 aromatic heterocycles. The van der Waals surface area contributed by atoms with Crippen molar-refractivity contribution < 1.29 is 14.3 Å². The fourth-order valence-corrected chi connectivity index (χ4v) is 6.50. The Morgan fingerprint density at radius 3 is 2.40 bits per heavy atom. The summed E-state index contributed by atoms with van der Waals surface area (Å²) < 4.78 is 8.76. The van der Waals surface area contributed by atoms with Crippen molar-refractivity contribution in [3.05, 3.63) is 114 Å². The summed E-state index contributed by atoms with van der Waals surface area (Å²) in [5.74, 6) is -0.663. The maximum atomic E-state index is 13.7. The zero-order valence-corrected chi connectivity index (χ0v) is 25.1. The molecular formula is C36H36N4O3. The fraction of sp³-hybridized carbons (Fsp3) is 0.250. The smallest absolute Gasteiger partial charge is 0.341 e. The maximum absolute atomic E-state index is 13.7. The molecule has 0 fully saturated rings. The van der Waals surface area contributed by atoms with Gasteiger partial charge in [-0.05, 0) is 48.7 Å². The minimum absolute atomic E-state index is 0.210. The van der Waals surface area contributed by atoms with Crippen LogP contribution in [0.25, 0.3) is 22.2 Å². The molecule has 1 N–H and O–H groups in total. The summed E-state index contributed by atoms with van der Waals surface area (Å²) in [5, 5.41) is 4.03. The topological polar surface area (TPSA) is 76.5 Å². The van der Waals surface area contributed by atoms with Crippen LogP contribution in [0.5, 0.6) is 0 Å². The standard InChI is InChI=1S/C36H36N4O3/c1-5-21-40(22-6-2)26-18-19-29(30(23-26)38-24(3)41)36(34-28(35(42)43-36)16-12-20-37-34)32-27-15-10-11-17-31(27)39(4)33(32)25-13-8-7-9-14-25/h7-20,23H,5-6,21-22H2,1-4H3,(H,38,41). The van der Waals surface area contributed by atoms with Gasteiger partial charge in [0.25, 0.3) is 0 Å². The fourth-order valence-electron chi connectivity index (χ4n) is 6.50. The van der Waals surface area contributed by atoms with Crippen molar-refractivity contribution in [1.82, 2.24) is 9.55 Å². The van der Waals surface area contributed by atoms with E-state index < -0.39 is 11.6 Å². The second-order valence-corrected chi connectivity index (χ2v) is 11.0. The van der Waals surface area contributed by atoms with Crippen molar-refractivity contribution in [3.8, 4) is 11.3 Å². The SMILES string of the molecule is CCCN(CCC)c1ccc(C2(c3c(-c4ccccc4)n(C)c4ccccc34)OC(=O)c3cccnc32)c(NC(C)=O)c1. The highest BCUT2D eigenvalue weighted by molar-refractivity contribution is 6.01. The van der Waals surface area contributed by atoms with E-state index in [9.17, 15) is 9.59 Å². The summed E-state index contributed by atoms with van der Waals surface area (Å²) in [5.41, 5.74) is 5.40. The Hall–Kier alpha value is -4.91. The second kappa shape index (κ2) is 11.4. The molecule has 0 bridgehead atoms. The highest BCUT2D eigenvalue weighted by Gasteiger charge is 2.54. The molecular weight excluding hydrogens is 536 g/mol. The Morgan fingerprint density at radius 1 is 0.953 bits per heavy atom. The van der Waals surface area contributed by atoms with Gasteiger partial charge in [-0.2, -0.15) is 0 Å². The van der Waals surface area contributed by atoms with Crippen molar-refractivity contribution in [2.24, 2.45) is 7.05 Å². The predicted molar refractivity (Wildman–Crippen MR) is 171 cm³/mol. The summed E-state index contributed by atoms with van der Waals surface area (Å²) >= 11 is 0. The molecule has 0 spiro atoms. The number of carbonyl (C=O) groups excluding carboxylic acids is 2. The van der Waals surface area contributed by atoms with E-state index in [1.807, 2.05) is 49.5 Å². The number of anilines is 2. The Labute approximate surface area is 252 Å². The molecule has 0 radical (unpaired) electrons. The molecule has 0 aliphatic carbocycles. The van der Waals surface area contributed by atoms with Gasteiger partial charge in [0.15, 0.2) is 0 Å². The van der Waals surface area contributed by atoms with Gasteiger partial charge in [0.1, 0.15) is 5.69 Å². The Balaban J connectivity index is 1.74. The number of hydrogen-bond donors (Lipinski definition) is 1. The van der Waals surface area contributed by atoms with Gasteiger partial charge in [-0.25, -0.2) is 4.79 Å². The molecule has 0 saturated carbocycles. The molecule has 43 heavy (non-hydrogen) atoms. The van der Waals surface area contributed by atoms with Crippen LogP contribution in [0, 0.1) is 0 Å². The normalized spacial score (nSPS) is 15.8. The van der Waals surface area contributed by atoms with Gasteiger partial charge in [-0.1, -0.05) is 68.4 Å². The van der Waals surface area contributed by atoms with Crippen LogP contribution in [0.15, 0.2) is 91.1 Å². The number of para-hydroxylation sites is 1. The van der Waals surface area contributed by atoms with Gasteiger partial charge in [0.2, 0.25) is 11.5 Å². The van der Waals surface area contributed by atoms with E-state index in [2.05, 4.69) is 59.0 Å². The lowest BCUT2D eigenvalue weighted by atomic mass is 9.79. The lowest BCUT2D eigenvalue weighted by molar-refractivity contribution is -0.114. The Morgan fingerprint density at radius 2 is 1.67 bits per heavy atom. The van der Waals surface area contributed by atoms with E-state index in [0.717, 1.165) is 59.3 Å². The van der Waals surface area contributed by atoms with E-state index in [0.29, 0.717) is 22.5 Å². The van der Waals surface area contributed by atoms with Crippen LogP contribution >= 0.6 is 0 Å². The number of nitrogens with zero attached hydrogens (tertiary/aromatic N) is 3. The van der Waals surface area contributed by atoms with Crippen molar-refractivity contribution in [2.45, 2.75) is 39.2 Å². The van der Waals surface area contributed by atoms with Crippen LogP contribution in [-0.2, 0) is 22.2 Å². The van der Waals surface area contributed by atoms with Crippen LogP contribution in [0.1, 0.15) is 60.8 Å². The molecule has 3 heterocycles. The third-order valence-electron chi connectivity index (χ3n) is 8.16. The molecule has 3 aromatic carbocycles. The van der Waals surface area contributed by atoms with Crippen molar-refractivity contribution in [1.29, 1.82) is 0 Å². The highest BCUT2D eigenvalue weighted by Crippen LogP contribution is 2.54. The summed E-state index contributed by atoms with van der Waals surface area (Å²) in [7, 11) is 2.03. The number of amides is 1. The molecule has 0 saturated heterocycles. The summed E-state index contributed by atoms with van der Waals surface area (Å²) in [4.78, 5) is 33.6. The molecule has 218 valence electrons. The quantitative estimate of drug-likeness (QED) is 0.188. The number of carbonyl (C=O) groups is 2. The van der Waals surface area contributed by atoms with Gasteiger partial charge in [-0.15, -0.1) is 0 Å². The third kappa shape index (κ3) is 4.65. The number of benzene rings is 3. The molecule has 1 aliphatic heterocycles. The number of pyridine rings is 1. The van der Waals surface area contributed by atoms with Crippen molar-refractivity contribution >= 4 is 34.2 Å². The van der Waals surface area contributed by atoms with Gasteiger partial charge in [-0.3, -0.25) is 9.78 Å². The van der Waals surface area contributed by atoms with E-state index in [4.69, 9.17) is 9.72 Å². The van der Waals surface area contributed by atoms with E-state index >= 15 is 0 Å². The average Bonchev–Trinajstić information content (AvgIpc) is 3.49. The first-order valence-corrected chi connectivity index (χ1v) is 14.9. The van der Waals surface area contributed by atoms with Crippen molar-refractivity contribution in [3.63, 3.8) is 0 Å². The number of hydrogen-bond acceptors (Lipinski definition) is 5. The summed E-state index contributed by atoms with van der Waals surface area (Å²) in [6.07, 6.45) is 3.68. The van der Waals surface area contributed by atoms with Crippen LogP contribution < -0.4 is 10.2 Å². The first kappa shape index (κ1) is 28.2. The number of esters is 1. The van der Waals surface area contributed by atoms with Crippen LogP contribution in [-0.4, -0.2) is 34.5 Å². The van der Waals surface area contributed by atoms with Crippen LogP contribution in [0.3, 0.4) is 0 Å². The van der Waals surface area contributed by atoms with E-state index in [1.54, 1.807) is 18.3 Å². The third-order valence-corrected chi connectivity index (χ3v) is 8.16. The number of rotatable bonds is 9. The molecule has 1 unspecified atom stereocenters.